The van der Waals surface area contributed by atoms with E-state index in [4.69, 9.17) is 9.47 Å². The number of benzene rings is 1. The third-order valence-corrected chi connectivity index (χ3v) is 2.72. The number of rotatable bonds is 4. The first kappa shape index (κ1) is 16.5. The van der Waals surface area contributed by atoms with E-state index in [1.54, 1.807) is 45.0 Å². The number of hydrogen-bond donors (Lipinski definition) is 1. The Morgan fingerprint density at radius 3 is 2.35 bits per heavy atom. The van der Waals surface area contributed by atoms with E-state index in [9.17, 15) is 14.4 Å². The van der Waals surface area contributed by atoms with Gasteiger partial charge in [0.15, 0.2) is 6.61 Å². The highest BCUT2D eigenvalue weighted by Crippen LogP contribution is 2.14. The van der Waals surface area contributed by atoms with Crippen molar-refractivity contribution < 1.29 is 14.3 Å². The minimum absolute atomic E-state index is 0.199. The molecule has 0 unspecified atom stereocenters. The van der Waals surface area contributed by atoms with E-state index in [0.717, 1.165) is 0 Å². The van der Waals surface area contributed by atoms with Gasteiger partial charge >= 0.3 is 11.7 Å². The summed E-state index contributed by atoms with van der Waals surface area (Å²) in [7, 11) is 0. The van der Waals surface area contributed by atoms with Crippen molar-refractivity contribution in [1.82, 2.24) is 9.55 Å². The summed E-state index contributed by atoms with van der Waals surface area (Å²) < 4.78 is 11.8. The number of nitrogens with one attached hydrogen (secondary N) is 1. The normalized spacial score (nSPS) is 11.1. The zero-order chi connectivity index (χ0) is 17.0. The molecule has 0 amide bonds. The van der Waals surface area contributed by atoms with Crippen LogP contribution in [0.25, 0.3) is 5.69 Å². The number of ether oxygens (including phenoxy) is 2. The molecule has 1 aromatic carbocycles. The van der Waals surface area contributed by atoms with Gasteiger partial charge in [-0.3, -0.25) is 14.3 Å². The number of aromatic nitrogens is 2. The van der Waals surface area contributed by atoms with Gasteiger partial charge in [0.2, 0.25) is 0 Å². The fourth-order valence-electron chi connectivity index (χ4n) is 1.84. The number of aromatic amines is 1. The van der Waals surface area contributed by atoms with E-state index in [0.29, 0.717) is 11.4 Å². The maximum absolute atomic E-state index is 11.7. The Bertz CT molecular complexity index is 797. The summed E-state index contributed by atoms with van der Waals surface area (Å²) in [6.07, 6.45) is 1.39. The first-order chi connectivity index (χ1) is 10.7. The van der Waals surface area contributed by atoms with E-state index in [-0.39, 0.29) is 6.61 Å². The highest BCUT2D eigenvalue weighted by atomic mass is 16.6. The fraction of sp³-hybridized carbons (Fsp3) is 0.312. The van der Waals surface area contributed by atoms with E-state index in [2.05, 4.69) is 4.98 Å². The lowest BCUT2D eigenvalue weighted by Crippen LogP contribution is -2.27. The van der Waals surface area contributed by atoms with Crippen LogP contribution in [0.2, 0.25) is 0 Å². The zero-order valence-corrected chi connectivity index (χ0v) is 13.2. The maximum atomic E-state index is 11.7. The van der Waals surface area contributed by atoms with Gasteiger partial charge in [-0.2, -0.15) is 0 Å². The summed E-state index contributed by atoms with van der Waals surface area (Å²) in [4.78, 5) is 36.5. The summed E-state index contributed by atoms with van der Waals surface area (Å²) in [6.45, 7) is 5.14. The van der Waals surface area contributed by atoms with Gasteiger partial charge in [-0.05, 0) is 45.0 Å². The predicted octanol–water partition coefficient (Wildman–Crippen LogP) is 1.25. The van der Waals surface area contributed by atoms with Gasteiger partial charge < -0.3 is 9.47 Å². The summed E-state index contributed by atoms with van der Waals surface area (Å²) in [5, 5.41) is 0. The van der Waals surface area contributed by atoms with Crippen LogP contribution >= 0.6 is 0 Å². The van der Waals surface area contributed by atoms with Crippen LogP contribution in [0, 0.1) is 0 Å². The molecule has 0 aliphatic rings. The fourth-order valence-corrected chi connectivity index (χ4v) is 1.84. The van der Waals surface area contributed by atoms with Crippen LogP contribution in [0.1, 0.15) is 20.8 Å². The van der Waals surface area contributed by atoms with Crippen molar-refractivity contribution >= 4 is 5.97 Å². The monoisotopic (exact) mass is 318 g/mol. The number of H-pyrrole nitrogens is 1. The highest BCUT2D eigenvalue weighted by Gasteiger charge is 2.16. The molecule has 0 spiro atoms. The lowest BCUT2D eigenvalue weighted by Gasteiger charge is -2.19. The zero-order valence-electron chi connectivity index (χ0n) is 13.2. The maximum Gasteiger partial charge on any atom is 0.344 e. The van der Waals surface area contributed by atoms with Gasteiger partial charge in [0, 0.05) is 12.3 Å². The molecule has 7 nitrogen and oxygen atoms in total. The number of carbonyl (C=O) groups excluding carboxylic acids is 1. The summed E-state index contributed by atoms with van der Waals surface area (Å²) in [5.41, 5.74) is -0.977. The lowest BCUT2D eigenvalue weighted by molar-refractivity contribution is -0.157. The Morgan fingerprint density at radius 1 is 1.13 bits per heavy atom. The topological polar surface area (TPSA) is 90.4 Å². The molecule has 2 aromatic rings. The Hall–Kier alpha value is -2.83. The molecule has 7 heteroatoms. The van der Waals surface area contributed by atoms with Gasteiger partial charge in [-0.25, -0.2) is 9.59 Å². The Morgan fingerprint density at radius 2 is 1.78 bits per heavy atom. The molecule has 1 heterocycles. The Labute approximate surface area is 132 Å². The average molecular weight is 318 g/mol. The molecule has 0 saturated heterocycles. The number of esters is 1. The van der Waals surface area contributed by atoms with Gasteiger partial charge in [0.1, 0.15) is 11.4 Å². The van der Waals surface area contributed by atoms with Crippen LogP contribution in [0.15, 0.2) is 46.1 Å². The first-order valence-electron chi connectivity index (χ1n) is 7.02. The van der Waals surface area contributed by atoms with Crippen molar-refractivity contribution in [1.29, 1.82) is 0 Å². The van der Waals surface area contributed by atoms with Gasteiger partial charge in [-0.1, -0.05) is 0 Å². The van der Waals surface area contributed by atoms with Crippen molar-refractivity contribution in [3.05, 3.63) is 57.4 Å². The quantitative estimate of drug-likeness (QED) is 0.857. The number of carbonyl (C=O) groups is 1. The standard InChI is InChI=1S/C16H18N2O5/c1-16(2,3)23-14(20)10-22-12-6-4-11(5-7-12)18-9-8-13(19)17-15(18)21/h4-9H,10H2,1-3H3,(H,17,19,21). The second-order valence-electron chi connectivity index (χ2n) is 5.85. The smallest absolute Gasteiger partial charge is 0.344 e. The molecular formula is C16H18N2O5. The van der Waals surface area contributed by atoms with E-state index in [1.165, 1.54) is 16.8 Å². The van der Waals surface area contributed by atoms with E-state index >= 15 is 0 Å². The van der Waals surface area contributed by atoms with Gasteiger partial charge in [0.25, 0.3) is 5.56 Å². The van der Waals surface area contributed by atoms with Gasteiger partial charge in [-0.15, -0.1) is 0 Å². The highest BCUT2D eigenvalue weighted by molar-refractivity contribution is 5.71. The summed E-state index contributed by atoms with van der Waals surface area (Å²) in [5.74, 6) is 0.00973. The van der Waals surface area contributed by atoms with Crippen molar-refractivity contribution in [3.8, 4) is 11.4 Å². The van der Waals surface area contributed by atoms with Crippen molar-refractivity contribution in [2.24, 2.45) is 0 Å². The molecule has 0 radical (unpaired) electrons. The van der Waals surface area contributed by atoms with Crippen LogP contribution < -0.4 is 16.0 Å². The minimum atomic E-state index is -0.560. The van der Waals surface area contributed by atoms with E-state index < -0.39 is 22.8 Å². The average Bonchev–Trinajstić information content (AvgIpc) is 2.44. The molecule has 2 rings (SSSR count). The molecule has 1 N–H and O–H groups in total. The molecule has 1 aromatic heterocycles. The van der Waals surface area contributed by atoms with Crippen LogP contribution in [0.3, 0.4) is 0 Å². The van der Waals surface area contributed by atoms with Crippen LogP contribution in [0.5, 0.6) is 5.75 Å². The largest absolute Gasteiger partial charge is 0.482 e. The van der Waals surface area contributed by atoms with Gasteiger partial charge in [0.05, 0.1) is 5.69 Å². The summed E-state index contributed by atoms with van der Waals surface area (Å²) >= 11 is 0. The van der Waals surface area contributed by atoms with Crippen molar-refractivity contribution in [2.75, 3.05) is 6.61 Å². The van der Waals surface area contributed by atoms with E-state index in [1.807, 2.05) is 0 Å². The third kappa shape index (κ3) is 4.84. The SMILES string of the molecule is CC(C)(C)OC(=O)COc1ccc(-n2ccc(=O)[nH]c2=O)cc1. The molecule has 0 saturated carbocycles. The van der Waals surface area contributed by atoms with Crippen LogP contribution in [-0.4, -0.2) is 27.7 Å². The Balaban J connectivity index is 2.04. The van der Waals surface area contributed by atoms with Crippen LogP contribution in [0.4, 0.5) is 0 Å². The third-order valence-electron chi connectivity index (χ3n) is 2.72. The lowest BCUT2D eigenvalue weighted by atomic mass is 10.2. The molecule has 0 bridgehead atoms. The van der Waals surface area contributed by atoms with Crippen LogP contribution in [-0.2, 0) is 9.53 Å². The molecule has 0 fully saturated rings. The summed E-state index contributed by atoms with van der Waals surface area (Å²) in [6, 6.07) is 7.79. The molecule has 0 aliphatic carbocycles. The Kier molecular flexibility index (Phi) is 4.68. The number of nitrogens with zero attached hydrogens (tertiary/aromatic N) is 1. The second-order valence-corrected chi connectivity index (χ2v) is 5.85. The predicted molar refractivity (Wildman–Crippen MR) is 84.0 cm³/mol. The second kappa shape index (κ2) is 6.51. The minimum Gasteiger partial charge on any atom is -0.482 e. The first-order valence-corrected chi connectivity index (χ1v) is 7.02. The molecular weight excluding hydrogens is 300 g/mol. The molecule has 23 heavy (non-hydrogen) atoms. The molecule has 122 valence electrons. The molecule has 0 atom stereocenters. The van der Waals surface area contributed by atoms with Crippen molar-refractivity contribution in [3.63, 3.8) is 0 Å². The number of hydrogen-bond acceptors (Lipinski definition) is 5. The van der Waals surface area contributed by atoms with Crippen molar-refractivity contribution in [2.45, 2.75) is 26.4 Å². The molecule has 0 aliphatic heterocycles.